The van der Waals surface area contributed by atoms with E-state index in [1.165, 1.54) is 5.56 Å². The van der Waals surface area contributed by atoms with Crippen molar-refractivity contribution in [2.75, 3.05) is 42.7 Å². The molecule has 0 unspecified atom stereocenters. The summed E-state index contributed by atoms with van der Waals surface area (Å²) in [6, 6.07) is 9.49. The highest BCUT2D eigenvalue weighted by Gasteiger charge is 2.04. The average molecular weight is 342 g/mol. The Balaban J connectivity index is 1.76. The van der Waals surface area contributed by atoms with Crippen molar-refractivity contribution < 1.29 is 4.79 Å². The highest BCUT2D eigenvalue weighted by atomic mass is 16.2. The van der Waals surface area contributed by atoms with E-state index in [9.17, 15) is 4.79 Å². The van der Waals surface area contributed by atoms with Gasteiger partial charge in [-0.2, -0.15) is 0 Å². The summed E-state index contributed by atoms with van der Waals surface area (Å²) in [7, 11) is 3.87. The van der Waals surface area contributed by atoms with Crippen molar-refractivity contribution in [1.29, 1.82) is 0 Å². The second-order valence-corrected chi connectivity index (χ2v) is 5.91. The zero-order chi connectivity index (χ0) is 18.2. The number of hydrogen-bond donors (Lipinski definition) is 3. The van der Waals surface area contributed by atoms with Crippen LogP contribution < -0.4 is 20.9 Å². The summed E-state index contributed by atoms with van der Waals surface area (Å²) < 4.78 is 0. The van der Waals surface area contributed by atoms with Crippen LogP contribution in [0.4, 0.5) is 22.1 Å². The van der Waals surface area contributed by atoms with Crippen LogP contribution in [-0.2, 0) is 6.42 Å². The van der Waals surface area contributed by atoms with Crippen LogP contribution >= 0.6 is 0 Å². The topological polar surface area (TPSA) is 82.2 Å². The fourth-order valence-corrected chi connectivity index (χ4v) is 2.24. The van der Waals surface area contributed by atoms with Crippen LogP contribution in [0.2, 0.25) is 0 Å². The third-order valence-electron chi connectivity index (χ3n) is 3.62. The maximum atomic E-state index is 11.9. The van der Waals surface area contributed by atoms with E-state index >= 15 is 0 Å². The van der Waals surface area contributed by atoms with Crippen LogP contribution in [0.3, 0.4) is 0 Å². The number of amides is 2. The molecule has 134 valence electrons. The van der Waals surface area contributed by atoms with Gasteiger partial charge in [0.25, 0.3) is 0 Å². The molecule has 0 atom stereocenters. The fourth-order valence-electron chi connectivity index (χ4n) is 2.24. The second kappa shape index (κ2) is 8.86. The zero-order valence-electron chi connectivity index (χ0n) is 15.3. The van der Waals surface area contributed by atoms with Crippen molar-refractivity contribution in [3.8, 4) is 0 Å². The lowest BCUT2D eigenvalue weighted by atomic mass is 10.1. The first-order valence-electron chi connectivity index (χ1n) is 8.38. The van der Waals surface area contributed by atoms with Gasteiger partial charge in [-0.3, -0.25) is 0 Å². The number of aryl methyl sites for hydroxylation is 2. The summed E-state index contributed by atoms with van der Waals surface area (Å²) in [4.78, 5) is 22.5. The Morgan fingerprint density at radius 3 is 2.48 bits per heavy atom. The minimum absolute atomic E-state index is 0.223. The Morgan fingerprint density at radius 2 is 1.84 bits per heavy atom. The average Bonchev–Trinajstić information content (AvgIpc) is 2.59. The van der Waals surface area contributed by atoms with E-state index in [-0.39, 0.29) is 6.03 Å². The third kappa shape index (κ3) is 5.95. The molecular weight excluding hydrogens is 316 g/mol. The Morgan fingerprint density at radius 1 is 1.12 bits per heavy atom. The largest absolute Gasteiger partial charge is 0.368 e. The summed E-state index contributed by atoms with van der Waals surface area (Å²) in [5.74, 6) is 2.29. The van der Waals surface area contributed by atoms with Crippen LogP contribution in [-0.4, -0.2) is 43.2 Å². The predicted octanol–water partition coefficient (Wildman–Crippen LogP) is 2.65. The predicted molar refractivity (Wildman–Crippen MR) is 102 cm³/mol. The van der Waals surface area contributed by atoms with Crippen molar-refractivity contribution in [2.24, 2.45) is 0 Å². The number of urea groups is 1. The molecule has 2 aromatic rings. The number of rotatable bonds is 7. The molecule has 2 rings (SSSR count). The second-order valence-electron chi connectivity index (χ2n) is 5.91. The van der Waals surface area contributed by atoms with E-state index in [4.69, 9.17) is 0 Å². The van der Waals surface area contributed by atoms with Gasteiger partial charge in [-0.25, -0.2) is 14.8 Å². The SMILES string of the molecule is CCc1ccc(NC(=O)NCCNc2cc(N(C)C)nc(C)n2)cc1. The molecule has 0 saturated heterocycles. The summed E-state index contributed by atoms with van der Waals surface area (Å²) in [5, 5.41) is 8.83. The van der Waals surface area contributed by atoms with E-state index < -0.39 is 0 Å². The van der Waals surface area contributed by atoms with Gasteiger partial charge in [-0.1, -0.05) is 19.1 Å². The monoisotopic (exact) mass is 342 g/mol. The zero-order valence-corrected chi connectivity index (χ0v) is 15.3. The van der Waals surface area contributed by atoms with Crippen molar-refractivity contribution in [3.63, 3.8) is 0 Å². The van der Waals surface area contributed by atoms with Gasteiger partial charge in [0.1, 0.15) is 17.5 Å². The number of carbonyl (C=O) groups excluding carboxylic acids is 1. The number of hydrogen-bond acceptors (Lipinski definition) is 5. The Labute approximate surface area is 148 Å². The minimum atomic E-state index is -0.223. The first-order valence-corrected chi connectivity index (χ1v) is 8.38. The quantitative estimate of drug-likeness (QED) is 0.674. The first-order chi connectivity index (χ1) is 12.0. The van der Waals surface area contributed by atoms with Crippen molar-refractivity contribution >= 4 is 23.4 Å². The van der Waals surface area contributed by atoms with Crippen molar-refractivity contribution in [3.05, 3.63) is 41.7 Å². The standard InChI is InChI=1S/C18H26N6O/c1-5-14-6-8-15(9-7-14)23-18(25)20-11-10-19-16-12-17(24(3)4)22-13(2)21-16/h6-9,12H,5,10-11H2,1-4H3,(H,19,21,22)(H2,20,23,25). The lowest BCUT2D eigenvalue weighted by Gasteiger charge is -2.14. The third-order valence-corrected chi connectivity index (χ3v) is 3.62. The molecule has 0 radical (unpaired) electrons. The van der Waals surface area contributed by atoms with E-state index in [0.29, 0.717) is 18.9 Å². The Hall–Kier alpha value is -2.83. The highest BCUT2D eigenvalue weighted by molar-refractivity contribution is 5.89. The molecule has 0 aliphatic carbocycles. The molecule has 7 nitrogen and oxygen atoms in total. The molecule has 2 amide bonds. The fraction of sp³-hybridized carbons (Fsp3) is 0.389. The van der Waals surface area contributed by atoms with Crippen molar-refractivity contribution in [2.45, 2.75) is 20.3 Å². The summed E-state index contributed by atoms with van der Waals surface area (Å²) in [6.45, 7) is 5.02. The molecule has 0 aliphatic heterocycles. The lowest BCUT2D eigenvalue weighted by Crippen LogP contribution is -2.32. The molecule has 1 heterocycles. The summed E-state index contributed by atoms with van der Waals surface area (Å²) in [6.07, 6.45) is 0.982. The Kier molecular flexibility index (Phi) is 6.56. The van der Waals surface area contributed by atoms with Gasteiger partial charge in [-0.15, -0.1) is 0 Å². The van der Waals surface area contributed by atoms with Crippen LogP contribution in [0.25, 0.3) is 0 Å². The first kappa shape index (κ1) is 18.5. The van der Waals surface area contributed by atoms with E-state index in [2.05, 4.69) is 32.8 Å². The van der Waals surface area contributed by atoms with Gasteiger partial charge in [0.15, 0.2) is 0 Å². The molecular formula is C18H26N6O. The number of aromatic nitrogens is 2. The molecule has 3 N–H and O–H groups in total. The van der Waals surface area contributed by atoms with Gasteiger partial charge < -0.3 is 20.9 Å². The van der Waals surface area contributed by atoms with E-state index in [1.54, 1.807) is 0 Å². The molecule has 0 spiro atoms. The minimum Gasteiger partial charge on any atom is -0.368 e. The van der Waals surface area contributed by atoms with Crippen LogP contribution in [0.1, 0.15) is 18.3 Å². The Bertz CT molecular complexity index is 699. The highest BCUT2D eigenvalue weighted by Crippen LogP contribution is 2.13. The number of nitrogens with zero attached hydrogens (tertiary/aromatic N) is 3. The van der Waals surface area contributed by atoms with Crippen LogP contribution in [0.15, 0.2) is 30.3 Å². The molecule has 7 heteroatoms. The van der Waals surface area contributed by atoms with Gasteiger partial charge in [0, 0.05) is 38.9 Å². The molecule has 0 bridgehead atoms. The smallest absolute Gasteiger partial charge is 0.319 e. The maximum absolute atomic E-state index is 11.9. The summed E-state index contributed by atoms with van der Waals surface area (Å²) >= 11 is 0. The maximum Gasteiger partial charge on any atom is 0.319 e. The van der Waals surface area contributed by atoms with Gasteiger partial charge in [-0.05, 0) is 31.0 Å². The molecule has 0 saturated carbocycles. The molecule has 0 fully saturated rings. The van der Waals surface area contributed by atoms with Crippen molar-refractivity contribution in [1.82, 2.24) is 15.3 Å². The molecule has 25 heavy (non-hydrogen) atoms. The summed E-state index contributed by atoms with van der Waals surface area (Å²) in [5.41, 5.74) is 2.03. The number of carbonyl (C=O) groups is 1. The number of anilines is 3. The van der Waals surface area contributed by atoms with Crippen LogP contribution in [0, 0.1) is 6.92 Å². The number of benzene rings is 1. The normalized spacial score (nSPS) is 10.2. The van der Waals surface area contributed by atoms with Gasteiger partial charge >= 0.3 is 6.03 Å². The van der Waals surface area contributed by atoms with Gasteiger partial charge in [0.2, 0.25) is 0 Å². The van der Waals surface area contributed by atoms with Gasteiger partial charge in [0.05, 0.1) is 0 Å². The van der Waals surface area contributed by atoms with E-state index in [1.807, 2.05) is 56.3 Å². The number of nitrogens with one attached hydrogen (secondary N) is 3. The lowest BCUT2D eigenvalue weighted by molar-refractivity contribution is 0.252. The van der Waals surface area contributed by atoms with E-state index in [0.717, 1.165) is 23.7 Å². The molecule has 1 aromatic heterocycles. The van der Waals surface area contributed by atoms with Crippen LogP contribution in [0.5, 0.6) is 0 Å². The molecule has 1 aromatic carbocycles. The molecule has 0 aliphatic rings.